The zero-order valence-corrected chi connectivity index (χ0v) is 14.3. The summed E-state index contributed by atoms with van der Waals surface area (Å²) in [6, 6.07) is 13.6. The molecule has 0 saturated carbocycles. The van der Waals surface area contributed by atoms with E-state index in [-0.39, 0.29) is 0 Å². The van der Waals surface area contributed by atoms with Crippen LogP contribution in [-0.2, 0) is 17.8 Å². The minimum atomic E-state index is 0.528. The summed E-state index contributed by atoms with van der Waals surface area (Å²) < 4.78 is 15.7. The third kappa shape index (κ3) is 4.65. The minimum Gasteiger partial charge on any atom is -0.497 e. The number of hydrogen-bond donors (Lipinski definition) is 0. The van der Waals surface area contributed by atoms with E-state index in [1.165, 1.54) is 0 Å². The second-order valence-electron chi connectivity index (χ2n) is 5.36. The number of carbonyl (C=O) groups excluding carboxylic acids is 1. The van der Waals surface area contributed by atoms with Crippen molar-refractivity contribution in [2.24, 2.45) is 0 Å². The summed E-state index contributed by atoms with van der Waals surface area (Å²) in [5, 5.41) is 0. The summed E-state index contributed by atoms with van der Waals surface area (Å²) in [5.74, 6) is 2.17. The largest absolute Gasteiger partial charge is 0.497 e. The molecule has 0 aliphatic rings. The van der Waals surface area contributed by atoms with Crippen LogP contribution in [0.5, 0.6) is 17.2 Å². The van der Waals surface area contributed by atoms with Crippen molar-refractivity contribution in [1.29, 1.82) is 0 Å². The van der Waals surface area contributed by atoms with Crippen molar-refractivity contribution in [2.45, 2.75) is 13.0 Å². The van der Waals surface area contributed by atoms with E-state index in [0.717, 1.165) is 29.7 Å². The summed E-state index contributed by atoms with van der Waals surface area (Å²) in [6.45, 7) is 1.17. The molecule has 5 nitrogen and oxygen atoms in total. The molecule has 128 valence electrons. The molecule has 0 unspecified atom stereocenters. The van der Waals surface area contributed by atoms with Crippen molar-refractivity contribution in [1.82, 2.24) is 4.90 Å². The van der Waals surface area contributed by atoms with Crippen LogP contribution in [0.2, 0.25) is 0 Å². The molecule has 1 amide bonds. The molecule has 0 heterocycles. The molecule has 24 heavy (non-hydrogen) atoms. The highest BCUT2D eigenvalue weighted by Gasteiger charge is 2.08. The van der Waals surface area contributed by atoms with Gasteiger partial charge in [-0.05, 0) is 41.8 Å². The van der Waals surface area contributed by atoms with E-state index in [4.69, 9.17) is 14.2 Å². The van der Waals surface area contributed by atoms with Gasteiger partial charge in [-0.1, -0.05) is 18.2 Å². The quantitative estimate of drug-likeness (QED) is 0.664. The van der Waals surface area contributed by atoms with Gasteiger partial charge in [-0.25, -0.2) is 0 Å². The van der Waals surface area contributed by atoms with Gasteiger partial charge >= 0.3 is 0 Å². The van der Waals surface area contributed by atoms with Gasteiger partial charge in [0.25, 0.3) is 0 Å². The van der Waals surface area contributed by atoms with E-state index in [0.29, 0.717) is 24.6 Å². The van der Waals surface area contributed by atoms with Gasteiger partial charge in [0.15, 0.2) is 11.5 Å². The van der Waals surface area contributed by atoms with Crippen LogP contribution in [0.1, 0.15) is 11.1 Å². The number of ether oxygens (including phenoxy) is 3. The Morgan fingerprint density at radius 1 is 0.875 bits per heavy atom. The Hall–Kier alpha value is -2.69. The predicted octanol–water partition coefficient (Wildman–Crippen LogP) is 2.91. The fourth-order valence-electron chi connectivity index (χ4n) is 2.45. The number of benzene rings is 2. The molecule has 0 radical (unpaired) electrons. The fourth-order valence-corrected chi connectivity index (χ4v) is 2.45. The van der Waals surface area contributed by atoms with Crippen LogP contribution in [0.15, 0.2) is 42.5 Å². The van der Waals surface area contributed by atoms with Gasteiger partial charge in [-0.2, -0.15) is 0 Å². The zero-order chi connectivity index (χ0) is 17.4. The van der Waals surface area contributed by atoms with E-state index < -0.39 is 0 Å². The zero-order valence-electron chi connectivity index (χ0n) is 14.3. The van der Waals surface area contributed by atoms with Crippen molar-refractivity contribution in [3.63, 3.8) is 0 Å². The third-order valence-electron chi connectivity index (χ3n) is 3.83. The van der Waals surface area contributed by atoms with Crippen LogP contribution in [0.3, 0.4) is 0 Å². The molecule has 2 rings (SSSR count). The summed E-state index contributed by atoms with van der Waals surface area (Å²) in [7, 11) is 4.85. The lowest BCUT2D eigenvalue weighted by molar-refractivity contribution is -0.118. The average Bonchev–Trinajstić information content (AvgIpc) is 2.65. The number of carbonyl (C=O) groups is 1. The maximum absolute atomic E-state index is 11.4. The van der Waals surface area contributed by atoms with Gasteiger partial charge in [0.05, 0.1) is 21.3 Å². The van der Waals surface area contributed by atoms with Gasteiger partial charge in [0, 0.05) is 13.1 Å². The molecule has 0 bridgehead atoms. The molecular formula is C19H23NO4. The van der Waals surface area contributed by atoms with Crippen LogP contribution >= 0.6 is 0 Å². The normalized spacial score (nSPS) is 10.1. The Morgan fingerprint density at radius 3 is 2.12 bits per heavy atom. The first-order valence-electron chi connectivity index (χ1n) is 7.73. The topological polar surface area (TPSA) is 48.0 Å². The molecule has 5 heteroatoms. The summed E-state index contributed by atoms with van der Waals surface area (Å²) in [5.41, 5.74) is 2.16. The summed E-state index contributed by atoms with van der Waals surface area (Å²) in [6.07, 6.45) is 1.66. The summed E-state index contributed by atoms with van der Waals surface area (Å²) in [4.78, 5) is 13.1. The Bertz CT molecular complexity index is 655. The third-order valence-corrected chi connectivity index (χ3v) is 3.83. The van der Waals surface area contributed by atoms with Crippen molar-refractivity contribution >= 4 is 6.41 Å². The van der Waals surface area contributed by atoms with Crippen LogP contribution in [0.25, 0.3) is 0 Å². The van der Waals surface area contributed by atoms with E-state index >= 15 is 0 Å². The lowest BCUT2D eigenvalue weighted by atomic mass is 10.1. The van der Waals surface area contributed by atoms with Crippen LogP contribution in [0, 0.1) is 0 Å². The smallest absolute Gasteiger partial charge is 0.210 e. The highest BCUT2D eigenvalue weighted by molar-refractivity contribution is 5.49. The van der Waals surface area contributed by atoms with Crippen molar-refractivity contribution < 1.29 is 19.0 Å². The molecule has 0 atom stereocenters. The monoisotopic (exact) mass is 329 g/mol. The Morgan fingerprint density at radius 2 is 1.54 bits per heavy atom. The number of hydrogen-bond acceptors (Lipinski definition) is 4. The molecule has 0 aliphatic carbocycles. The number of nitrogens with zero attached hydrogens (tertiary/aromatic N) is 1. The van der Waals surface area contributed by atoms with Crippen LogP contribution in [-0.4, -0.2) is 39.2 Å². The molecular weight excluding hydrogens is 306 g/mol. The maximum atomic E-state index is 11.4. The van der Waals surface area contributed by atoms with Gasteiger partial charge in [0.2, 0.25) is 6.41 Å². The van der Waals surface area contributed by atoms with Crippen LogP contribution in [0.4, 0.5) is 0 Å². The van der Waals surface area contributed by atoms with E-state index in [1.54, 1.807) is 26.2 Å². The van der Waals surface area contributed by atoms with Gasteiger partial charge in [-0.3, -0.25) is 4.79 Å². The lowest BCUT2D eigenvalue weighted by Crippen LogP contribution is -2.24. The number of amides is 1. The van der Waals surface area contributed by atoms with Crippen molar-refractivity contribution in [2.75, 3.05) is 27.9 Å². The standard InChI is InChI=1S/C19H23NO4/c1-22-17-7-4-15(5-8-17)10-11-20(14-21)13-16-6-9-18(23-2)19(12-16)24-3/h4-9,12,14H,10-11,13H2,1-3H3. The highest BCUT2D eigenvalue weighted by atomic mass is 16.5. The van der Waals surface area contributed by atoms with Crippen LogP contribution < -0.4 is 14.2 Å². The first-order valence-corrected chi connectivity index (χ1v) is 7.73. The molecule has 0 fully saturated rings. The average molecular weight is 329 g/mol. The number of methoxy groups -OCH3 is 3. The lowest BCUT2D eigenvalue weighted by Gasteiger charge is -2.18. The van der Waals surface area contributed by atoms with E-state index in [1.807, 2.05) is 42.5 Å². The first kappa shape index (κ1) is 17.7. The van der Waals surface area contributed by atoms with Gasteiger partial charge in [0.1, 0.15) is 5.75 Å². The molecule has 2 aromatic rings. The van der Waals surface area contributed by atoms with Crippen molar-refractivity contribution in [3.8, 4) is 17.2 Å². The summed E-state index contributed by atoms with van der Waals surface area (Å²) >= 11 is 0. The maximum Gasteiger partial charge on any atom is 0.210 e. The number of rotatable bonds is 9. The minimum absolute atomic E-state index is 0.528. The van der Waals surface area contributed by atoms with Gasteiger partial charge in [-0.15, -0.1) is 0 Å². The molecule has 0 spiro atoms. The first-order chi connectivity index (χ1) is 11.7. The molecule has 2 aromatic carbocycles. The Labute approximate surface area is 142 Å². The Kier molecular flexibility index (Phi) is 6.49. The SMILES string of the molecule is COc1ccc(CCN(C=O)Cc2ccc(OC)c(OC)c2)cc1. The molecule has 0 aliphatic heterocycles. The van der Waals surface area contributed by atoms with Gasteiger partial charge < -0.3 is 19.1 Å². The highest BCUT2D eigenvalue weighted by Crippen LogP contribution is 2.28. The second-order valence-corrected chi connectivity index (χ2v) is 5.36. The predicted molar refractivity (Wildman–Crippen MR) is 92.7 cm³/mol. The fraction of sp³-hybridized carbons (Fsp3) is 0.316. The molecule has 0 N–H and O–H groups in total. The second kappa shape index (κ2) is 8.82. The Balaban J connectivity index is 1.97. The van der Waals surface area contributed by atoms with Crippen molar-refractivity contribution in [3.05, 3.63) is 53.6 Å². The van der Waals surface area contributed by atoms with E-state index in [9.17, 15) is 4.79 Å². The molecule has 0 saturated heterocycles. The van der Waals surface area contributed by atoms with E-state index in [2.05, 4.69) is 0 Å². The molecule has 0 aromatic heterocycles.